The second kappa shape index (κ2) is 6.24. The average Bonchev–Trinajstić information content (AvgIpc) is 2.74. The van der Waals surface area contributed by atoms with Gasteiger partial charge in [0.15, 0.2) is 0 Å². The van der Waals surface area contributed by atoms with Crippen LogP contribution >= 0.6 is 11.6 Å². The van der Waals surface area contributed by atoms with E-state index in [2.05, 4.69) is 10.3 Å². The molecule has 1 atom stereocenters. The first-order valence-electron chi connectivity index (χ1n) is 6.28. The average molecular weight is 298 g/mol. The fraction of sp³-hybridized carbons (Fsp3) is 0.357. The van der Waals surface area contributed by atoms with Crippen molar-refractivity contribution in [3.05, 3.63) is 40.9 Å². The monoisotopic (exact) mass is 297 g/mol. The summed E-state index contributed by atoms with van der Waals surface area (Å²) in [5.74, 6) is 0.240. The first-order chi connectivity index (χ1) is 9.51. The first-order valence-corrected chi connectivity index (χ1v) is 6.66. The van der Waals surface area contributed by atoms with Gasteiger partial charge < -0.3 is 10.1 Å². The molecule has 0 aliphatic carbocycles. The number of halogens is 2. The van der Waals surface area contributed by atoms with Crippen LogP contribution in [0, 0.1) is 12.7 Å². The van der Waals surface area contributed by atoms with Crippen LogP contribution in [0.15, 0.2) is 24.4 Å². The van der Waals surface area contributed by atoms with Crippen molar-refractivity contribution in [2.24, 2.45) is 0 Å². The number of nitrogens with one attached hydrogen (secondary N) is 1. The van der Waals surface area contributed by atoms with E-state index >= 15 is 0 Å². The van der Waals surface area contributed by atoms with Gasteiger partial charge in [-0.25, -0.2) is 9.37 Å². The zero-order valence-corrected chi connectivity index (χ0v) is 12.4. The number of benzene rings is 1. The molecule has 1 aromatic carbocycles. The van der Waals surface area contributed by atoms with Crippen LogP contribution in [-0.2, 0) is 4.74 Å². The van der Waals surface area contributed by atoms with Gasteiger partial charge in [-0.3, -0.25) is 4.57 Å². The molecule has 0 amide bonds. The Kier molecular flexibility index (Phi) is 4.62. The summed E-state index contributed by atoms with van der Waals surface area (Å²) in [5, 5.41) is 3.34. The number of nitrogens with zero attached hydrogens (tertiary/aromatic N) is 2. The zero-order chi connectivity index (χ0) is 14.7. The van der Waals surface area contributed by atoms with Crippen molar-refractivity contribution in [2.45, 2.75) is 19.9 Å². The summed E-state index contributed by atoms with van der Waals surface area (Å²) in [6, 6.07) is 4.69. The highest BCUT2D eigenvalue weighted by Crippen LogP contribution is 2.22. The molecule has 108 valence electrons. The Morgan fingerprint density at radius 1 is 1.50 bits per heavy atom. The summed E-state index contributed by atoms with van der Waals surface area (Å²) in [6.07, 6.45) is 1.87. The number of imidazole rings is 1. The third-order valence-corrected chi connectivity index (χ3v) is 3.09. The van der Waals surface area contributed by atoms with Crippen LogP contribution in [0.2, 0.25) is 5.02 Å². The molecule has 0 spiro atoms. The molecule has 0 bridgehead atoms. The topological polar surface area (TPSA) is 39.1 Å². The van der Waals surface area contributed by atoms with Crippen molar-refractivity contribution < 1.29 is 9.13 Å². The number of ether oxygens (including phenoxy) is 1. The SMILES string of the molecule is COCC(C)Nc1nc(C)cn1-c1ccc(F)c(Cl)c1. The van der Waals surface area contributed by atoms with E-state index in [0.29, 0.717) is 12.6 Å². The summed E-state index contributed by atoms with van der Waals surface area (Å²) in [6.45, 7) is 4.46. The van der Waals surface area contributed by atoms with Crippen LogP contribution < -0.4 is 5.32 Å². The fourth-order valence-corrected chi connectivity index (χ4v) is 2.12. The Labute approximate surface area is 122 Å². The van der Waals surface area contributed by atoms with Gasteiger partial charge in [-0.1, -0.05) is 11.6 Å². The van der Waals surface area contributed by atoms with E-state index in [-0.39, 0.29) is 11.1 Å². The molecule has 1 unspecified atom stereocenters. The van der Waals surface area contributed by atoms with Gasteiger partial charge in [-0.2, -0.15) is 0 Å². The predicted octanol–water partition coefficient (Wildman–Crippen LogP) is 3.42. The highest BCUT2D eigenvalue weighted by atomic mass is 35.5. The van der Waals surface area contributed by atoms with E-state index in [9.17, 15) is 4.39 Å². The molecule has 1 N–H and O–H groups in total. The minimum absolute atomic E-state index is 0.0877. The van der Waals surface area contributed by atoms with Crippen LogP contribution in [0.1, 0.15) is 12.6 Å². The lowest BCUT2D eigenvalue weighted by Crippen LogP contribution is -2.22. The highest BCUT2D eigenvalue weighted by Gasteiger charge is 2.11. The summed E-state index contributed by atoms with van der Waals surface area (Å²) < 4.78 is 20.2. The lowest BCUT2D eigenvalue weighted by molar-refractivity contribution is 0.190. The smallest absolute Gasteiger partial charge is 0.208 e. The van der Waals surface area contributed by atoms with Gasteiger partial charge in [0, 0.05) is 19.3 Å². The van der Waals surface area contributed by atoms with E-state index < -0.39 is 5.82 Å². The van der Waals surface area contributed by atoms with Gasteiger partial charge in [0.25, 0.3) is 0 Å². The standard InChI is InChI=1S/C14H17ClFN3O/c1-9-7-19(11-4-5-13(16)12(15)6-11)14(17-9)18-10(2)8-20-3/h4-7,10H,8H2,1-3H3,(H,17,18). The van der Waals surface area contributed by atoms with E-state index in [4.69, 9.17) is 16.3 Å². The molecule has 0 fully saturated rings. The molecule has 0 aliphatic rings. The Bertz CT molecular complexity index is 600. The Morgan fingerprint density at radius 2 is 2.25 bits per heavy atom. The lowest BCUT2D eigenvalue weighted by Gasteiger charge is -2.15. The van der Waals surface area contributed by atoms with E-state index in [1.807, 2.05) is 24.6 Å². The molecular weight excluding hydrogens is 281 g/mol. The maximum absolute atomic E-state index is 13.2. The molecule has 4 nitrogen and oxygen atoms in total. The van der Waals surface area contributed by atoms with Gasteiger partial charge >= 0.3 is 0 Å². The van der Waals surface area contributed by atoms with Crippen molar-refractivity contribution in [2.75, 3.05) is 19.0 Å². The van der Waals surface area contributed by atoms with Crippen LogP contribution in [0.3, 0.4) is 0 Å². The summed E-state index contributed by atoms with van der Waals surface area (Å²) >= 11 is 5.83. The van der Waals surface area contributed by atoms with Crippen LogP contribution in [0.4, 0.5) is 10.3 Å². The first kappa shape index (κ1) is 14.8. The summed E-state index contributed by atoms with van der Waals surface area (Å²) in [5.41, 5.74) is 1.61. The number of hydrogen-bond donors (Lipinski definition) is 1. The zero-order valence-electron chi connectivity index (χ0n) is 11.7. The molecule has 1 heterocycles. The maximum Gasteiger partial charge on any atom is 0.208 e. The molecule has 2 rings (SSSR count). The second-order valence-corrected chi connectivity index (χ2v) is 5.08. The molecular formula is C14H17ClFN3O. The summed E-state index contributed by atoms with van der Waals surface area (Å²) in [7, 11) is 1.65. The minimum atomic E-state index is -0.436. The number of methoxy groups -OCH3 is 1. The number of anilines is 1. The van der Waals surface area contributed by atoms with Crippen LogP contribution in [0.25, 0.3) is 5.69 Å². The molecule has 0 saturated heterocycles. The predicted molar refractivity (Wildman–Crippen MR) is 78.2 cm³/mol. The molecule has 6 heteroatoms. The molecule has 2 aromatic rings. The van der Waals surface area contributed by atoms with E-state index in [1.165, 1.54) is 6.07 Å². The van der Waals surface area contributed by atoms with Crippen molar-refractivity contribution >= 4 is 17.5 Å². The number of aromatic nitrogens is 2. The molecule has 0 saturated carbocycles. The fourth-order valence-electron chi connectivity index (χ4n) is 1.94. The molecule has 1 aromatic heterocycles. The van der Waals surface area contributed by atoms with Gasteiger partial charge in [0.1, 0.15) is 5.82 Å². The highest BCUT2D eigenvalue weighted by molar-refractivity contribution is 6.30. The Morgan fingerprint density at radius 3 is 2.90 bits per heavy atom. The largest absolute Gasteiger partial charge is 0.383 e. The van der Waals surface area contributed by atoms with Crippen LogP contribution in [-0.4, -0.2) is 29.3 Å². The minimum Gasteiger partial charge on any atom is -0.383 e. The third-order valence-electron chi connectivity index (χ3n) is 2.80. The van der Waals surface area contributed by atoms with Gasteiger partial charge in [0.2, 0.25) is 5.95 Å². The normalized spacial score (nSPS) is 12.4. The van der Waals surface area contributed by atoms with E-state index in [0.717, 1.165) is 11.4 Å². The molecule has 20 heavy (non-hydrogen) atoms. The summed E-state index contributed by atoms with van der Waals surface area (Å²) in [4.78, 5) is 4.42. The molecule has 0 aliphatic heterocycles. The van der Waals surface area contributed by atoms with Crippen molar-refractivity contribution in [3.8, 4) is 5.69 Å². The maximum atomic E-state index is 13.2. The van der Waals surface area contributed by atoms with Gasteiger partial charge in [-0.05, 0) is 32.0 Å². The number of hydrogen-bond acceptors (Lipinski definition) is 3. The Balaban J connectivity index is 2.33. The number of aryl methyl sites for hydroxylation is 1. The number of rotatable bonds is 5. The third kappa shape index (κ3) is 3.29. The van der Waals surface area contributed by atoms with Crippen molar-refractivity contribution in [1.29, 1.82) is 0 Å². The van der Waals surface area contributed by atoms with Crippen molar-refractivity contribution in [3.63, 3.8) is 0 Å². The lowest BCUT2D eigenvalue weighted by atomic mass is 10.3. The van der Waals surface area contributed by atoms with Gasteiger partial charge in [0.05, 0.1) is 23.0 Å². The van der Waals surface area contributed by atoms with Crippen molar-refractivity contribution in [1.82, 2.24) is 9.55 Å². The van der Waals surface area contributed by atoms with Gasteiger partial charge in [-0.15, -0.1) is 0 Å². The second-order valence-electron chi connectivity index (χ2n) is 4.68. The van der Waals surface area contributed by atoms with Crippen LogP contribution in [0.5, 0.6) is 0 Å². The Hall–Kier alpha value is -1.59. The molecule has 0 radical (unpaired) electrons. The van der Waals surface area contributed by atoms with E-state index in [1.54, 1.807) is 19.2 Å². The quantitative estimate of drug-likeness (QED) is 0.919.